The summed E-state index contributed by atoms with van der Waals surface area (Å²) in [7, 11) is 0. The van der Waals surface area contributed by atoms with E-state index in [9.17, 15) is 0 Å². The van der Waals surface area contributed by atoms with E-state index in [0.29, 0.717) is 10.0 Å². The standard InChI is InChI=1S/C14H12BrCl2N/c1-9-6-10(2-4-12(9)15)8-18-11-3-5-13(16)14(17)7-11/h2-7,18H,8H2,1H3. The number of rotatable bonds is 3. The molecule has 0 spiro atoms. The molecule has 0 amide bonds. The summed E-state index contributed by atoms with van der Waals surface area (Å²) in [4.78, 5) is 0. The van der Waals surface area contributed by atoms with Gasteiger partial charge in [0.2, 0.25) is 0 Å². The summed E-state index contributed by atoms with van der Waals surface area (Å²) in [5.74, 6) is 0. The molecule has 0 saturated carbocycles. The molecule has 94 valence electrons. The van der Waals surface area contributed by atoms with E-state index in [0.717, 1.165) is 16.7 Å². The zero-order valence-corrected chi connectivity index (χ0v) is 12.9. The van der Waals surface area contributed by atoms with E-state index in [4.69, 9.17) is 23.2 Å². The Kier molecular flexibility index (Phi) is 4.55. The molecule has 0 aliphatic rings. The third-order valence-corrected chi connectivity index (χ3v) is 4.27. The number of aryl methyl sites for hydroxylation is 1. The summed E-state index contributed by atoms with van der Waals surface area (Å²) in [5.41, 5.74) is 3.41. The zero-order valence-electron chi connectivity index (χ0n) is 9.81. The first kappa shape index (κ1) is 13.7. The van der Waals surface area contributed by atoms with Crippen LogP contribution in [-0.4, -0.2) is 0 Å². The van der Waals surface area contributed by atoms with Crippen LogP contribution in [0.3, 0.4) is 0 Å². The highest BCUT2D eigenvalue weighted by atomic mass is 79.9. The summed E-state index contributed by atoms with van der Waals surface area (Å²) in [6.07, 6.45) is 0. The fourth-order valence-corrected chi connectivity index (χ4v) is 2.17. The number of anilines is 1. The van der Waals surface area contributed by atoms with Gasteiger partial charge in [0.05, 0.1) is 10.0 Å². The predicted octanol–water partition coefficient (Wildman–Crippen LogP) is 5.68. The fourth-order valence-electron chi connectivity index (χ4n) is 1.63. The number of halogens is 3. The lowest BCUT2D eigenvalue weighted by Gasteiger charge is -2.09. The van der Waals surface area contributed by atoms with Crippen LogP contribution in [0.5, 0.6) is 0 Å². The van der Waals surface area contributed by atoms with Gasteiger partial charge in [-0.1, -0.05) is 51.3 Å². The molecule has 18 heavy (non-hydrogen) atoms. The molecule has 0 aliphatic heterocycles. The second-order valence-electron chi connectivity index (χ2n) is 4.07. The van der Waals surface area contributed by atoms with Gasteiger partial charge in [-0.25, -0.2) is 0 Å². The van der Waals surface area contributed by atoms with Crippen molar-refractivity contribution in [2.45, 2.75) is 13.5 Å². The van der Waals surface area contributed by atoms with Crippen LogP contribution < -0.4 is 5.32 Å². The SMILES string of the molecule is Cc1cc(CNc2ccc(Cl)c(Cl)c2)ccc1Br. The molecular formula is C14H12BrCl2N. The van der Waals surface area contributed by atoms with Crippen molar-refractivity contribution in [2.75, 3.05) is 5.32 Å². The van der Waals surface area contributed by atoms with Gasteiger partial charge in [0.25, 0.3) is 0 Å². The average Bonchev–Trinajstić information content (AvgIpc) is 2.35. The van der Waals surface area contributed by atoms with Gasteiger partial charge in [-0.2, -0.15) is 0 Å². The Hall–Kier alpha value is -0.700. The average molecular weight is 345 g/mol. The first-order valence-corrected chi connectivity index (χ1v) is 7.05. The number of nitrogens with one attached hydrogen (secondary N) is 1. The molecule has 0 aromatic heterocycles. The number of benzene rings is 2. The van der Waals surface area contributed by atoms with Crippen LogP contribution in [0, 0.1) is 6.92 Å². The molecular weight excluding hydrogens is 333 g/mol. The van der Waals surface area contributed by atoms with Gasteiger partial charge in [0.1, 0.15) is 0 Å². The second kappa shape index (κ2) is 5.96. The van der Waals surface area contributed by atoms with Crippen LogP contribution in [0.4, 0.5) is 5.69 Å². The van der Waals surface area contributed by atoms with Crippen LogP contribution in [0.25, 0.3) is 0 Å². The Balaban J connectivity index is 2.06. The van der Waals surface area contributed by atoms with Crippen LogP contribution >= 0.6 is 39.1 Å². The molecule has 0 unspecified atom stereocenters. The Morgan fingerprint density at radius 2 is 1.83 bits per heavy atom. The maximum Gasteiger partial charge on any atom is 0.0612 e. The van der Waals surface area contributed by atoms with Crippen molar-refractivity contribution in [2.24, 2.45) is 0 Å². The Labute approximate surface area is 125 Å². The molecule has 0 radical (unpaired) electrons. The minimum Gasteiger partial charge on any atom is -0.381 e. The van der Waals surface area contributed by atoms with Crippen molar-refractivity contribution in [1.82, 2.24) is 0 Å². The minimum atomic E-state index is 0.564. The quantitative estimate of drug-likeness (QED) is 0.755. The lowest BCUT2D eigenvalue weighted by Crippen LogP contribution is -1.99. The van der Waals surface area contributed by atoms with E-state index in [-0.39, 0.29) is 0 Å². The zero-order chi connectivity index (χ0) is 13.1. The molecule has 0 heterocycles. The van der Waals surface area contributed by atoms with E-state index in [1.54, 1.807) is 6.07 Å². The Morgan fingerprint density at radius 1 is 1.06 bits per heavy atom. The monoisotopic (exact) mass is 343 g/mol. The molecule has 2 rings (SSSR count). The summed E-state index contributed by atoms with van der Waals surface area (Å²) in [6.45, 7) is 2.83. The minimum absolute atomic E-state index is 0.564. The Bertz CT molecular complexity index is 518. The first-order valence-electron chi connectivity index (χ1n) is 5.50. The molecule has 4 heteroatoms. The molecule has 0 bridgehead atoms. The summed E-state index contributed by atoms with van der Waals surface area (Å²) >= 11 is 15.3. The van der Waals surface area contributed by atoms with Crippen molar-refractivity contribution >= 4 is 44.8 Å². The molecule has 1 nitrogen and oxygen atoms in total. The van der Waals surface area contributed by atoms with Crippen molar-refractivity contribution in [1.29, 1.82) is 0 Å². The van der Waals surface area contributed by atoms with E-state index in [2.05, 4.69) is 46.4 Å². The van der Waals surface area contributed by atoms with Gasteiger partial charge >= 0.3 is 0 Å². The van der Waals surface area contributed by atoms with Crippen molar-refractivity contribution < 1.29 is 0 Å². The lowest BCUT2D eigenvalue weighted by atomic mass is 10.1. The molecule has 0 aliphatic carbocycles. The highest BCUT2D eigenvalue weighted by Gasteiger charge is 2.00. The molecule has 1 N–H and O–H groups in total. The van der Waals surface area contributed by atoms with E-state index in [1.807, 2.05) is 12.1 Å². The molecule has 2 aromatic rings. The van der Waals surface area contributed by atoms with E-state index < -0.39 is 0 Å². The van der Waals surface area contributed by atoms with Gasteiger partial charge in [-0.05, 0) is 42.3 Å². The highest BCUT2D eigenvalue weighted by molar-refractivity contribution is 9.10. The topological polar surface area (TPSA) is 12.0 Å². The Morgan fingerprint density at radius 3 is 2.50 bits per heavy atom. The molecule has 0 saturated heterocycles. The van der Waals surface area contributed by atoms with E-state index >= 15 is 0 Å². The first-order chi connectivity index (χ1) is 8.56. The largest absolute Gasteiger partial charge is 0.381 e. The van der Waals surface area contributed by atoms with Gasteiger partial charge in [-0.15, -0.1) is 0 Å². The third-order valence-electron chi connectivity index (χ3n) is 2.64. The van der Waals surface area contributed by atoms with Gasteiger partial charge in [0, 0.05) is 16.7 Å². The normalized spacial score (nSPS) is 10.4. The summed E-state index contributed by atoms with van der Waals surface area (Å²) in [5, 5.41) is 4.45. The number of hydrogen-bond acceptors (Lipinski definition) is 1. The summed E-state index contributed by atoms with van der Waals surface area (Å²) < 4.78 is 1.13. The van der Waals surface area contributed by atoms with E-state index in [1.165, 1.54) is 11.1 Å². The van der Waals surface area contributed by atoms with Crippen LogP contribution in [-0.2, 0) is 6.54 Å². The van der Waals surface area contributed by atoms with Gasteiger partial charge in [-0.3, -0.25) is 0 Å². The maximum absolute atomic E-state index is 5.96. The second-order valence-corrected chi connectivity index (χ2v) is 5.73. The van der Waals surface area contributed by atoms with Crippen molar-refractivity contribution in [3.8, 4) is 0 Å². The molecule has 0 fully saturated rings. The molecule has 0 atom stereocenters. The van der Waals surface area contributed by atoms with Crippen LogP contribution in [0.1, 0.15) is 11.1 Å². The highest BCUT2D eigenvalue weighted by Crippen LogP contribution is 2.25. The third kappa shape index (κ3) is 3.41. The van der Waals surface area contributed by atoms with Crippen molar-refractivity contribution in [3.63, 3.8) is 0 Å². The van der Waals surface area contributed by atoms with Gasteiger partial charge < -0.3 is 5.32 Å². The summed E-state index contributed by atoms with van der Waals surface area (Å²) in [6, 6.07) is 11.8. The molecule has 2 aromatic carbocycles. The predicted molar refractivity (Wildman–Crippen MR) is 82.7 cm³/mol. The number of hydrogen-bond donors (Lipinski definition) is 1. The smallest absolute Gasteiger partial charge is 0.0612 e. The van der Waals surface area contributed by atoms with Crippen LogP contribution in [0.2, 0.25) is 10.0 Å². The van der Waals surface area contributed by atoms with Gasteiger partial charge in [0.15, 0.2) is 0 Å². The fraction of sp³-hybridized carbons (Fsp3) is 0.143. The van der Waals surface area contributed by atoms with Crippen LogP contribution in [0.15, 0.2) is 40.9 Å². The lowest BCUT2D eigenvalue weighted by molar-refractivity contribution is 1.14. The maximum atomic E-state index is 5.96. The van der Waals surface area contributed by atoms with Crippen molar-refractivity contribution in [3.05, 3.63) is 62.0 Å².